The molecule has 1 fully saturated rings. The van der Waals surface area contributed by atoms with Gasteiger partial charge in [0, 0.05) is 0 Å². The van der Waals surface area contributed by atoms with E-state index in [-0.39, 0.29) is 0 Å². The first-order valence-electron chi connectivity index (χ1n) is 5.73. The summed E-state index contributed by atoms with van der Waals surface area (Å²) in [4.78, 5) is 0. The molecule has 0 nitrogen and oxygen atoms in total. The Balaban J connectivity index is 2.41. The van der Waals surface area contributed by atoms with Crippen LogP contribution >= 0.6 is 0 Å². The molecule has 0 radical (unpaired) electrons. The first kappa shape index (κ1) is 11.8. The Morgan fingerprint density at radius 3 is 2.29 bits per heavy atom. The fraction of sp³-hybridized carbons (Fsp3) is 0.692. The van der Waals surface area contributed by atoms with E-state index in [0.29, 0.717) is 5.04 Å². The first-order chi connectivity index (χ1) is 6.44. The lowest BCUT2D eigenvalue weighted by Crippen LogP contribution is -2.29. The molecular formula is C13H24Si. The second-order valence-electron chi connectivity index (χ2n) is 5.65. The van der Waals surface area contributed by atoms with Gasteiger partial charge in [0.25, 0.3) is 0 Å². The van der Waals surface area contributed by atoms with Crippen molar-refractivity contribution in [3.63, 3.8) is 0 Å². The SMILES string of the molecule is C=CCCCCC1([Si](C)(C)C)CC1=C. The molecular weight excluding hydrogens is 184 g/mol. The molecule has 0 aromatic heterocycles. The van der Waals surface area contributed by atoms with E-state index in [0.717, 1.165) is 0 Å². The minimum Gasteiger partial charge on any atom is -0.103 e. The molecule has 0 amide bonds. The molecule has 0 aliphatic heterocycles. The first-order valence-corrected chi connectivity index (χ1v) is 9.23. The summed E-state index contributed by atoms with van der Waals surface area (Å²) in [6, 6.07) is 0. The van der Waals surface area contributed by atoms with Crippen molar-refractivity contribution >= 4 is 8.07 Å². The minimum atomic E-state index is -1.02. The molecule has 80 valence electrons. The molecule has 1 aliphatic rings. The van der Waals surface area contributed by atoms with Crippen molar-refractivity contribution in [3.8, 4) is 0 Å². The molecule has 1 heteroatoms. The quantitative estimate of drug-likeness (QED) is 0.335. The zero-order chi connectivity index (χ0) is 10.8. The van der Waals surface area contributed by atoms with Crippen LogP contribution in [0.2, 0.25) is 24.7 Å². The lowest BCUT2D eigenvalue weighted by atomic mass is 10.1. The summed E-state index contributed by atoms with van der Waals surface area (Å²) in [6.45, 7) is 15.4. The number of rotatable bonds is 6. The number of allylic oxidation sites excluding steroid dienone is 2. The third-order valence-corrected chi connectivity index (χ3v) is 7.42. The monoisotopic (exact) mass is 208 g/mol. The van der Waals surface area contributed by atoms with Gasteiger partial charge in [0.05, 0.1) is 8.07 Å². The van der Waals surface area contributed by atoms with E-state index >= 15 is 0 Å². The lowest BCUT2D eigenvalue weighted by Gasteiger charge is -2.28. The van der Waals surface area contributed by atoms with E-state index in [4.69, 9.17) is 0 Å². The molecule has 0 N–H and O–H groups in total. The summed E-state index contributed by atoms with van der Waals surface area (Å²) in [5.74, 6) is 0. The van der Waals surface area contributed by atoms with Gasteiger partial charge in [-0.2, -0.15) is 0 Å². The Hall–Kier alpha value is -0.303. The van der Waals surface area contributed by atoms with Crippen LogP contribution in [0.3, 0.4) is 0 Å². The van der Waals surface area contributed by atoms with Gasteiger partial charge < -0.3 is 0 Å². The third-order valence-electron chi connectivity index (χ3n) is 3.76. The highest BCUT2D eigenvalue weighted by atomic mass is 28.3. The molecule has 0 aromatic carbocycles. The van der Waals surface area contributed by atoms with Crippen molar-refractivity contribution in [1.29, 1.82) is 0 Å². The highest BCUT2D eigenvalue weighted by molar-refractivity contribution is 6.81. The van der Waals surface area contributed by atoms with Gasteiger partial charge in [-0.25, -0.2) is 0 Å². The second-order valence-corrected chi connectivity index (χ2v) is 11.1. The fourth-order valence-electron chi connectivity index (χ4n) is 2.47. The van der Waals surface area contributed by atoms with Crippen LogP contribution in [0.25, 0.3) is 0 Å². The molecule has 1 aliphatic carbocycles. The number of hydrogen-bond donors (Lipinski definition) is 0. The number of hydrogen-bond acceptors (Lipinski definition) is 0. The van der Waals surface area contributed by atoms with E-state index in [2.05, 4.69) is 32.8 Å². The highest BCUT2D eigenvalue weighted by Gasteiger charge is 2.55. The van der Waals surface area contributed by atoms with E-state index in [1.165, 1.54) is 37.7 Å². The van der Waals surface area contributed by atoms with Gasteiger partial charge in [-0.15, -0.1) is 6.58 Å². The summed E-state index contributed by atoms with van der Waals surface area (Å²) in [7, 11) is -1.02. The smallest absolute Gasteiger partial charge is 0.0556 e. The molecule has 1 saturated carbocycles. The molecule has 0 bridgehead atoms. The summed E-state index contributed by atoms with van der Waals surface area (Å²) in [6.07, 6.45) is 8.57. The van der Waals surface area contributed by atoms with Crippen LogP contribution in [0.1, 0.15) is 32.1 Å². The standard InChI is InChI=1S/C13H24Si/c1-6-7-8-9-10-13(11-12(13)2)14(3,4)5/h6H,1-2,7-11H2,3-5H3. The van der Waals surface area contributed by atoms with Crippen molar-refractivity contribution in [1.82, 2.24) is 0 Å². The van der Waals surface area contributed by atoms with Crippen molar-refractivity contribution in [2.45, 2.75) is 56.8 Å². The average molecular weight is 208 g/mol. The van der Waals surface area contributed by atoms with Gasteiger partial charge in [0.1, 0.15) is 0 Å². The fourth-order valence-corrected chi connectivity index (χ4v) is 5.20. The molecule has 0 aromatic rings. The summed E-state index contributed by atoms with van der Waals surface area (Å²) < 4.78 is 0. The summed E-state index contributed by atoms with van der Waals surface area (Å²) in [5.41, 5.74) is 1.54. The van der Waals surface area contributed by atoms with E-state index in [1.807, 2.05) is 6.08 Å². The highest BCUT2D eigenvalue weighted by Crippen LogP contribution is 2.67. The Bertz CT molecular complexity index is 234. The van der Waals surface area contributed by atoms with Gasteiger partial charge in [0.2, 0.25) is 0 Å². The minimum absolute atomic E-state index is 0.605. The lowest BCUT2D eigenvalue weighted by molar-refractivity contribution is 0.644. The Labute approximate surface area is 90.1 Å². The zero-order valence-electron chi connectivity index (χ0n) is 10.0. The summed E-state index contributed by atoms with van der Waals surface area (Å²) in [5, 5.41) is 0.605. The van der Waals surface area contributed by atoms with Gasteiger partial charge in [-0.05, 0) is 30.7 Å². The van der Waals surface area contributed by atoms with Crippen molar-refractivity contribution in [2.75, 3.05) is 0 Å². The van der Waals surface area contributed by atoms with Crippen LogP contribution in [0.4, 0.5) is 0 Å². The van der Waals surface area contributed by atoms with Gasteiger partial charge in [0.15, 0.2) is 0 Å². The van der Waals surface area contributed by atoms with Gasteiger partial charge in [-0.1, -0.05) is 44.3 Å². The molecule has 1 rings (SSSR count). The molecule has 0 heterocycles. The van der Waals surface area contributed by atoms with Crippen LogP contribution in [-0.2, 0) is 0 Å². The second kappa shape index (κ2) is 4.06. The maximum Gasteiger partial charge on any atom is 0.0556 e. The predicted octanol–water partition coefficient (Wildman–Crippen LogP) is 4.77. The largest absolute Gasteiger partial charge is 0.103 e. The number of unbranched alkanes of at least 4 members (excludes halogenated alkanes) is 2. The molecule has 1 unspecified atom stereocenters. The van der Waals surface area contributed by atoms with Crippen molar-refractivity contribution < 1.29 is 0 Å². The topological polar surface area (TPSA) is 0 Å². The Kier molecular flexibility index (Phi) is 3.41. The Morgan fingerprint density at radius 2 is 1.93 bits per heavy atom. The van der Waals surface area contributed by atoms with Crippen LogP contribution in [0, 0.1) is 0 Å². The normalized spacial score (nSPS) is 26.4. The van der Waals surface area contributed by atoms with E-state index in [9.17, 15) is 0 Å². The van der Waals surface area contributed by atoms with Gasteiger partial charge in [-0.3, -0.25) is 0 Å². The van der Waals surface area contributed by atoms with E-state index < -0.39 is 8.07 Å². The zero-order valence-corrected chi connectivity index (χ0v) is 11.0. The molecule has 0 spiro atoms. The predicted molar refractivity (Wildman–Crippen MR) is 68.5 cm³/mol. The maximum absolute atomic E-state index is 4.20. The molecule has 1 atom stereocenters. The van der Waals surface area contributed by atoms with E-state index in [1.54, 1.807) is 0 Å². The van der Waals surface area contributed by atoms with Crippen molar-refractivity contribution in [3.05, 3.63) is 24.8 Å². The van der Waals surface area contributed by atoms with Crippen molar-refractivity contribution in [2.24, 2.45) is 0 Å². The van der Waals surface area contributed by atoms with Crippen LogP contribution in [0.15, 0.2) is 24.8 Å². The maximum atomic E-state index is 4.20. The summed E-state index contributed by atoms with van der Waals surface area (Å²) >= 11 is 0. The van der Waals surface area contributed by atoms with Gasteiger partial charge >= 0.3 is 0 Å². The molecule has 14 heavy (non-hydrogen) atoms. The van der Waals surface area contributed by atoms with Crippen LogP contribution < -0.4 is 0 Å². The third kappa shape index (κ3) is 2.19. The Morgan fingerprint density at radius 1 is 1.36 bits per heavy atom. The average Bonchev–Trinajstić information content (AvgIpc) is 2.71. The van der Waals surface area contributed by atoms with Crippen LogP contribution in [-0.4, -0.2) is 8.07 Å². The van der Waals surface area contributed by atoms with Crippen LogP contribution in [0.5, 0.6) is 0 Å². The molecule has 0 saturated heterocycles.